The van der Waals surface area contributed by atoms with Gasteiger partial charge in [0.25, 0.3) is 0 Å². The Morgan fingerprint density at radius 2 is 1.94 bits per heavy atom. The van der Waals surface area contributed by atoms with Crippen LogP contribution < -0.4 is 4.74 Å². The summed E-state index contributed by atoms with van der Waals surface area (Å²) < 4.78 is 5.19. The van der Waals surface area contributed by atoms with Gasteiger partial charge < -0.3 is 9.84 Å². The molecule has 18 heavy (non-hydrogen) atoms. The first-order valence-corrected chi connectivity index (χ1v) is 6.47. The maximum atomic E-state index is 12.5. The summed E-state index contributed by atoms with van der Waals surface area (Å²) >= 11 is 0. The molecule has 0 radical (unpaired) electrons. The minimum atomic E-state index is -1.21. The highest BCUT2D eigenvalue weighted by molar-refractivity contribution is 6.04. The maximum Gasteiger partial charge on any atom is 0.198 e. The van der Waals surface area contributed by atoms with E-state index in [1.807, 2.05) is 6.07 Å². The van der Waals surface area contributed by atoms with Gasteiger partial charge in [-0.3, -0.25) is 4.79 Å². The number of carbonyl (C=O) groups excluding carboxylic acids is 1. The lowest BCUT2D eigenvalue weighted by Crippen LogP contribution is -2.42. The van der Waals surface area contributed by atoms with Gasteiger partial charge in [0.15, 0.2) is 5.78 Å². The minimum absolute atomic E-state index is 0.202. The van der Waals surface area contributed by atoms with Crippen LogP contribution in [0.25, 0.3) is 0 Å². The summed E-state index contributed by atoms with van der Waals surface area (Å²) in [7, 11) is 1.54. The van der Waals surface area contributed by atoms with Crippen molar-refractivity contribution in [2.75, 3.05) is 7.11 Å². The van der Waals surface area contributed by atoms with Crippen LogP contribution in [0.1, 0.15) is 43.0 Å². The molecule has 1 aromatic carbocycles. The number of aliphatic hydroxyl groups is 1. The van der Waals surface area contributed by atoms with Crippen molar-refractivity contribution in [2.24, 2.45) is 5.92 Å². The number of hydrogen-bond donors (Lipinski definition) is 1. The average Bonchev–Trinajstić information content (AvgIpc) is 2.41. The Morgan fingerprint density at radius 1 is 1.33 bits per heavy atom. The third-order valence-corrected chi connectivity index (χ3v) is 3.88. The molecule has 0 amide bonds. The highest BCUT2D eigenvalue weighted by Crippen LogP contribution is 2.35. The molecule has 0 unspecified atom stereocenters. The molecule has 0 saturated heterocycles. The van der Waals surface area contributed by atoms with Crippen molar-refractivity contribution in [3.05, 3.63) is 29.8 Å². The predicted octanol–water partition coefficient (Wildman–Crippen LogP) is 2.82. The van der Waals surface area contributed by atoms with Gasteiger partial charge in [-0.05, 0) is 43.7 Å². The molecular formula is C15H20O3. The summed E-state index contributed by atoms with van der Waals surface area (Å²) in [5.74, 6) is 0.928. The third-order valence-electron chi connectivity index (χ3n) is 3.88. The number of Topliss-reactive ketones (excluding diaryl/α,β-unsaturated/α-hetero) is 1. The van der Waals surface area contributed by atoms with E-state index in [0.717, 1.165) is 12.8 Å². The lowest BCUT2D eigenvalue weighted by molar-refractivity contribution is 0.00405. The fraction of sp³-hybridized carbons (Fsp3) is 0.533. The van der Waals surface area contributed by atoms with Gasteiger partial charge in [0.2, 0.25) is 0 Å². The van der Waals surface area contributed by atoms with Crippen LogP contribution in [-0.2, 0) is 0 Å². The molecule has 3 heteroatoms. The van der Waals surface area contributed by atoms with E-state index in [1.165, 1.54) is 0 Å². The summed E-state index contributed by atoms with van der Waals surface area (Å²) in [5, 5.41) is 10.5. The molecule has 0 spiro atoms. The van der Waals surface area contributed by atoms with Crippen molar-refractivity contribution in [1.82, 2.24) is 0 Å². The van der Waals surface area contributed by atoms with Gasteiger partial charge in [0.05, 0.1) is 12.7 Å². The van der Waals surface area contributed by atoms with Crippen LogP contribution in [0, 0.1) is 5.92 Å². The highest BCUT2D eigenvalue weighted by atomic mass is 16.5. The van der Waals surface area contributed by atoms with E-state index in [1.54, 1.807) is 25.3 Å². The zero-order valence-corrected chi connectivity index (χ0v) is 11.0. The molecule has 2 rings (SSSR count). The molecule has 1 saturated carbocycles. The van der Waals surface area contributed by atoms with Gasteiger partial charge >= 0.3 is 0 Å². The van der Waals surface area contributed by atoms with Crippen molar-refractivity contribution in [1.29, 1.82) is 0 Å². The van der Waals surface area contributed by atoms with E-state index in [4.69, 9.17) is 4.74 Å². The number of para-hydroxylation sites is 1. The van der Waals surface area contributed by atoms with E-state index in [0.29, 0.717) is 30.1 Å². The third kappa shape index (κ3) is 2.41. The number of rotatable bonds is 3. The smallest absolute Gasteiger partial charge is 0.198 e. The lowest BCUT2D eigenvalue weighted by atomic mass is 9.75. The second-order valence-electron chi connectivity index (χ2n) is 5.24. The van der Waals surface area contributed by atoms with Crippen molar-refractivity contribution < 1.29 is 14.6 Å². The van der Waals surface area contributed by atoms with Crippen molar-refractivity contribution in [2.45, 2.75) is 38.2 Å². The van der Waals surface area contributed by atoms with E-state index >= 15 is 0 Å². The highest BCUT2D eigenvalue weighted by Gasteiger charge is 2.40. The fourth-order valence-electron chi connectivity index (χ4n) is 2.55. The molecule has 0 heterocycles. The molecule has 1 aliphatic carbocycles. The summed E-state index contributed by atoms with van der Waals surface area (Å²) in [6, 6.07) is 7.09. The maximum absolute atomic E-state index is 12.5. The van der Waals surface area contributed by atoms with E-state index in [2.05, 4.69) is 6.92 Å². The molecule has 0 aromatic heterocycles. The van der Waals surface area contributed by atoms with Crippen LogP contribution in [0.2, 0.25) is 0 Å². The number of ether oxygens (including phenoxy) is 1. The summed E-state index contributed by atoms with van der Waals surface area (Å²) in [4.78, 5) is 12.5. The summed E-state index contributed by atoms with van der Waals surface area (Å²) in [5.41, 5.74) is -0.724. The Balaban J connectivity index is 2.25. The predicted molar refractivity (Wildman–Crippen MR) is 69.9 cm³/mol. The Bertz CT molecular complexity index is 431. The monoisotopic (exact) mass is 248 g/mol. The van der Waals surface area contributed by atoms with E-state index in [-0.39, 0.29) is 5.78 Å². The van der Waals surface area contributed by atoms with Crippen molar-refractivity contribution in [3.8, 4) is 5.75 Å². The number of carbonyl (C=O) groups is 1. The Kier molecular flexibility index (Phi) is 3.71. The zero-order chi connectivity index (χ0) is 13.2. The Hall–Kier alpha value is -1.35. The van der Waals surface area contributed by atoms with Crippen LogP contribution >= 0.6 is 0 Å². The van der Waals surface area contributed by atoms with Gasteiger partial charge in [-0.25, -0.2) is 0 Å². The first-order valence-electron chi connectivity index (χ1n) is 6.47. The molecule has 1 N–H and O–H groups in total. The summed E-state index contributed by atoms with van der Waals surface area (Å²) in [6.07, 6.45) is 2.89. The number of benzene rings is 1. The SMILES string of the molecule is COc1ccccc1C(=O)C1(O)CCC(C)CC1. The topological polar surface area (TPSA) is 46.5 Å². The van der Waals surface area contributed by atoms with Gasteiger partial charge in [0, 0.05) is 0 Å². The standard InChI is InChI=1S/C15H20O3/c1-11-7-9-15(17,10-8-11)14(16)12-5-3-4-6-13(12)18-2/h3-6,11,17H,7-10H2,1-2H3. The minimum Gasteiger partial charge on any atom is -0.496 e. The quantitative estimate of drug-likeness (QED) is 0.837. The van der Waals surface area contributed by atoms with Gasteiger partial charge in [-0.1, -0.05) is 19.1 Å². The molecule has 98 valence electrons. The molecule has 0 atom stereocenters. The van der Waals surface area contributed by atoms with E-state index < -0.39 is 5.60 Å². The average molecular weight is 248 g/mol. The summed E-state index contributed by atoms with van der Waals surface area (Å²) in [6.45, 7) is 2.16. The normalized spacial score (nSPS) is 27.8. The van der Waals surface area contributed by atoms with Crippen molar-refractivity contribution in [3.63, 3.8) is 0 Å². The Labute approximate surface area is 108 Å². The molecule has 1 aliphatic rings. The van der Waals surface area contributed by atoms with Gasteiger partial charge in [0.1, 0.15) is 11.4 Å². The molecule has 0 aliphatic heterocycles. The first-order chi connectivity index (χ1) is 8.57. The molecular weight excluding hydrogens is 228 g/mol. The molecule has 1 aromatic rings. The second-order valence-corrected chi connectivity index (χ2v) is 5.24. The molecule has 1 fully saturated rings. The van der Waals surface area contributed by atoms with Crippen LogP contribution in [-0.4, -0.2) is 23.6 Å². The molecule has 0 bridgehead atoms. The second kappa shape index (κ2) is 5.11. The van der Waals surface area contributed by atoms with Crippen LogP contribution in [0.15, 0.2) is 24.3 Å². The van der Waals surface area contributed by atoms with Crippen LogP contribution in [0.4, 0.5) is 0 Å². The van der Waals surface area contributed by atoms with Crippen LogP contribution in [0.5, 0.6) is 5.75 Å². The largest absolute Gasteiger partial charge is 0.496 e. The molecule has 3 nitrogen and oxygen atoms in total. The van der Waals surface area contributed by atoms with E-state index in [9.17, 15) is 9.90 Å². The van der Waals surface area contributed by atoms with Crippen molar-refractivity contribution >= 4 is 5.78 Å². The number of methoxy groups -OCH3 is 1. The number of hydrogen-bond acceptors (Lipinski definition) is 3. The lowest BCUT2D eigenvalue weighted by Gasteiger charge is -2.33. The first kappa shape index (κ1) is 13.1. The van der Waals surface area contributed by atoms with Gasteiger partial charge in [-0.15, -0.1) is 0 Å². The van der Waals surface area contributed by atoms with Crippen LogP contribution in [0.3, 0.4) is 0 Å². The zero-order valence-electron chi connectivity index (χ0n) is 11.0. The fourth-order valence-corrected chi connectivity index (χ4v) is 2.55. The van der Waals surface area contributed by atoms with Gasteiger partial charge in [-0.2, -0.15) is 0 Å². The Morgan fingerprint density at radius 3 is 2.56 bits per heavy atom. The number of ketones is 1.